The maximum atomic E-state index is 12.5. The van der Waals surface area contributed by atoms with Gasteiger partial charge in [-0.15, -0.1) is 5.10 Å². The highest BCUT2D eigenvalue weighted by Crippen LogP contribution is 2.23. The largest absolute Gasteiger partial charge is 0.459 e. The number of amides is 2. The molecule has 0 spiro atoms. The first-order chi connectivity index (χ1) is 13.6. The Labute approximate surface area is 159 Å². The summed E-state index contributed by atoms with van der Waals surface area (Å²) in [6.07, 6.45) is 1.49. The molecule has 2 aromatic heterocycles. The van der Waals surface area contributed by atoms with Gasteiger partial charge in [0, 0.05) is 11.1 Å². The van der Waals surface area contributed by atoms with Crippen molar-refractivity contribution >= 4 is 17.8 Å². The smallest absolute Gasteiger partial charge is 0.322 e. The molecule has 3 N–H and O–H groups in total. The predicted octanol–water partition coefficient (Wildman–Crippen LogP) is 3.35. The van der Waals surface area contributed by atoms with Crippen molar-refractivity contribution in [3.8, 4) is 22.8 Å². The Hall–Kier alpha value is -4.20. The molecule has 0 unspecified atom stereocenters. The van der Waals surface area contributed by atoms with Gasteiger partial charge < -0.3 is 14.6 Å². The van der Waals surface area contributed by atoms with E-state index in [-0.39, 0.29) is 11.9 Å². The van der Waals surface area contributed by atoms with Gasteiger partial charge in [-0.25, -0.2) is 0 Å². The third-order valence-electron chi connectivity index (χ3n) is 4.00. The van der Waals surface area contributed by atoms with Gasteiger partial charge >= 0.3 is 6.01 Å². The van der Waals surface area contributed by atoms with Crippen LogP contribution in [0.1, 0.15) is 20.7 Å². The van der Waals surface area contributed by atoms with Crippen molar-refractivity contribution in [2.45, 2.75) is 0 Å². The van der Waals surface area contributed by atoms with E-state index in [2.05, 4.69) is 15.5 Å². The van der Waals surface area contributed by atoms with Gasteiger partial charge in [-0.1, -0.05) is 29.4 Å². The van der Waals surface area contributed by atoms with Crippen molar-refractivity contribution < 1.29 is 18.4 Å². The average Bonchev–Trinajstić information content (AvgIpc) is 3.40. The van der Waals surface area contributed by atoms with Crippen molar-refractivity contribution in [3.63, 3.8) is 0 Å². The van der Waals surface area contributed by atoms with Gasteiger partial charge in [0.25, 0.3) is 11.8 Å². The minimum absolute atomic E-state index is 0.0346. The first-order valence-electron chi connectivity index (χ1n) is 8.29. The Balaban J connectivity index is 1.52. The number of carbonyl (C=O) groups excluding carboxylic acids is 2. The molecule has 0 fully saturated rings. The molecule has 2 heterocycles. The molecule has 0 saturated carbocycles. The minimum Gasteiger partial charge on any atom is -0.459 e. The van der Waals surface area contributed by atoms with Gasteiger partial charge in [0.05, 0.1) is 6.26 Å². The third-order valence-corrected chi connectivity index (χ3v) is 4.00. The lowest BCUT2D eigenvalue weighted by atomic mass is 10.0. The highest BCUT2D eigenvalue weighted by atomic mass is 16.4. The summed E-state index contributed by atoms with van der Waals surface area (Å²) in [5.41, 5.74) is 7.74. The van der Waals surface area contributed by atoms with Crippen LogP contribution in [0.15, 0.2) is 75.8 Å². The summed E-state index contributed by atoms with van der Waals surface area (Å²) >= 11 is 0. The zero-order valence-corrected chi connectivity index (χ0v) is 14.5. The minimum atomic E-state index is -0.492. The molecule has 138 valence electrons. The van der Waals surface area contributed by atoms with Crippen LogP contribution in [0.25, 0.3) is 22.8 Å². The normalized spacial score (nSPS) is 10.6. The number of rotatable bonds is 5. The molecule has 8 heteroatoms. The van der Waals surface area contributed by atoms with E-state index in [0.29, 0.717) is 16.9 Å². The first kappa shape index (κ1) is 17.2. The van der Waals surface area contributed by atoms with E-state index in [0.717, 1.165) is 11.1 Å². The van der Waals surface area contributed by atoms with E-state index in [4.69, 9.17) is 14.6 Å². The number of hydrogen-bond donors (Lipinski definition) is 2. The Morgan fingerprint density at radius 1 is 0.893 bits per heavy atom. The molecule has 8 nitrogen and oxygen atoms in total. The molecule has 0 aliphatic heterocycles. The lowest BCUT2D eigenvalue weighted by molar-refractivity contribution is 0.0997. The number of aromatic nitrogens is 2. The van der Waals surface area contributed by atoms with E-state index in [1.54, 1.807) is 54.6 Å². The SMILES string of the molecule is NC(=O)c1ccc(-c2cccc(C(=O)Nc3nnc(-c4ccco4)o3)c2)cc1. The van der Waals surface area contributed by atoms with E-state index in [1.165, 1.54) is 6.26 Å². The summed E-state index contributed by atoms with van der Waals surface area (Å²) in [5, 5.41) is 10.2. The van der Waals surface area contributed by atoms with Gasteiger partial charge in [-0.05, 0) is 47.5 Å². The molecule has 4 rings (SSSR count). The first-order valence-corrected chi connectivity index (χ1v) is 8.29. The number of nitrogens with zero attached hydrogens (tertiary/aromatic N) is 2. The quantitative estimate of drug-likeness (QED) is 0.552. The van der Waals surface area contributed by atoms with Crippen LogP contribution in [0.4, 0.5) is 6.01 Å². The molecule has 0 bridgehead atoms. The summed E-state index contributed by atoms with van der Waals surface area (Å²) in [6, 6.07) is 17.1. The molecule has 2 aromatic carbocycles. The lowest BCUT2D eigenvalue weighted by Crippen LogP contribution is -2.12. The molecule has 0 radical (unpaired) electrons. The van der Waals surface area contributed by atoms with Crippen LogP contribution in [0.3, 0.4) is 0 Å². The average molecular weight is 374 g/mol. The number of carbonyl (C=O) groups is 2. The number of nitrogens with two attached hydrogens (primary N) is 1. The summed E-state index contributed by atoms with van der Waals surface area (Å²) in [4.78, 5) is 23.7. The van der Waals surface area contributed by atoms with Crippen molar-refractivity contribution in [2.24, 2.45) is 5.73 Å². The van der Waals surface area contributed by atoms with Crippen LogP contribution in [-0.2, 0) is 0 Å². The molecule has 0 aliphatic carbocycles. The maximum Gasteiger partial charge on any atom is 0.322 e. The van der Waals surface area contributed by atoms with Crippen LogP contribution in [0.2, 0.25) is 0 Å². The van der Waals surface area contributed by atoms with Crippen LogP contribution >= 0.6 is 0 Å². The molecular formula is C20H14N4O4. The summed E-state index contributed by atoms with van der Waals surface area (Å²) < 4.78 is 10.6. The van der Waals surface area contributed by atoms with Gasteiger partial charge in [0.15, 0.2) is 5.76 Å². The Morgan fingerprint density at radius 3 is 2.43 bits per heavy atom. The number of nitrogens with one attached hydrogen (secondary N) is 1. The molecule has 2 amide bonds. The maximum absolute atomic E-state index is 12.5. The van der Waals surface area contributed by atoms with Gasteiger partial charge in [-0.3, -0.25) is 14.9 Å². The fraction of sp³-hybridized carbons (Fsp3) is 0. The third kappa shape index (κ3) is 3.51. The summed E-state index contributed by atoms with van der Waals surface area (Å²) in [5.74, 6) is -0.309. The number of anilines is 1. The highest BCUT2D eigenvalue weighted by Gasteiger charge is 2.14. The van der Waals surface area contributed by atoms with Crippen LogP contribution in [0.5, 0.6) is 0 Å². The second-order valence-electron chi connectivity index (χ2n) is 5.87. The zero-order chi connectivity index (χ0) is 19.5. The second kappa shape index (κ2) is 7.20. The van der Waals surface area contributed by atoms with Crippen molar-refractivity contribution in [1.82, 2.24) is 10.2 Å². The molecule has 0 saturated heterocycles. The molecular weight excluding hydrogens is 360 g/mol. The Morgan fingerprint density at radius 2 is 1.71 bits per heavy atom. The number of furan rings is 1. The van der Waals surface area contributed by atoms with E-state index >= 15 is 0 Å². The van der Waals surface area contributed by atoms with E-state index in [9.17, 15) is 9.59 Å². The fourth-order valence-corrected chi connectivity index (χ4v) is 2.61. The van der Waals surface area contributed by atoms with Crippen molar-refractivity contribution in [2.75, 3.05) is 5.32 Å². The number of benzene rings is 2. The Bertz CT molecular complexity index is 1130. The van der Waals surface area contributed by atoms with Gasteiger partial charge in [0.1, 0.15) is 0 Å². The van der Waals surface area contributed by atoms with E-state index < -0.39 is 11.8 Å². The molecule has 4 aromatic rings. The van der Waals surface area contributed by atoms with Gasteiger partial charge in [0.2, 0.25) is 5.91 Å². The summed E-state index contributed by atoms with van der Waals surface area (Å²) in [7, 11) is 0. The molecule has 0 aliphatic rings. The predicted molar refractivity (Wildman–Crippen MR) is 100 cm³/mol. The van der Waals surface area contributed by atoms with E-state index in [1.807, 2.05) is 6.07 Å². The van der Waals surface area contributed by atoms with Crippen LogP contribution in [-0.4, -0.2) is 22.0 Å². The van der Waals surface area contributed by atoms with Crippen molar-refractivity contribution in [1.29, 1.82) is 0 Å². The molecule has 0 atom stereocenters. The fourth-order valence-electron chi connectivity index (χ4n) is 2.61. The zero-order valence-electron chi connectivity index (χ0n) is 14.5. The highest BCUT2D eigenvalue weighted by molar-refractivity contribution is 6.04. The van der Waals surface area contributed by atoms with Crippen molar-refractivity contribution in [3.05, 3.63) is 78.1 Å². The topological polar surface area (TPSA) is 124 Å². The Kier molecular flexibility index (Phi) is 4.43. The number of primary amides is 1. The molecule has 28 heavy (non-hydrogen) atoms. The van der Waals surface area contributed by atoms with Crippen LogP contribution in [0, 0.1) is 0 Å². The second-order valence-corrected chi connectivity index (χ2v) is 5.87. The number of hydrogen-bond acceptors (Lipinski definition) is 6. The lowest BCUT2D eigenvalue weighted by Gasteiger charge is -2.06. The standard InChI is InChI=1S/C20H14N4O4/c21-17(25)13-8-6-12(7-9-13)14-3-1-4-15(11-14)18(26)22-20-24-23-19(28-20)16-5-2-10-27-16/h1-11H,(H2,21,25)(H,22,24,26). The summed E-state index contributed by atoms with van der Waals surface area (Å²) in [6.45, 7) is 0. The van der Waals surface area contributed by atoms with Crippen LogP contribution < -0.4 is 11.1 Å². The van der Waals surface area contributed by atoms with Gasteiger partial charge in [-0.2, -0.15) is 0 Å². The monoisotopic (exact) mass is 374 g/mol.